The second-order valence-electron chi connectivity index (χ2n) is 8.43. The lowest BCUT2D eigenvalue weighted by Crippen LogP contribution is -2.56. The predicted octanol–water partition coefficient (Wildman–Crippen LogP) is 0.802. The molecule has 3 aliphatic rings. The average Bonchev–Trinajstić information content (AvgIpc) is 3.56. The summed E-state index contributed by atoms with van der Waals surface area (Å²) in [6.45, 7) is 7.65. The Bertz CT molecular complexity index is 762. The molecule has 0 atom stereocenters. The van der Waals surface area contributed by atoms with Crippen molar-refractivity contribution in [1.82, 2.24) is 19.6 Å². The van der Waals surface area contributed by atoms with Crippen molar-refractivity contribution in [2.75, 3.05) is 52.4 Å². The fourth-order valence-electron chi connectivity index (χ4n) is 4.42. The van der Waals surface area contributed by atoms with Crippen molar-refractivity contribution in [3.63, 3.8) is 0 Å². The molecule has 0 spiro atoms. The third kappa shape index (κ3) is 4.15. The lowest BCUT2D eigenvalue weighted by molar-refractivity contribution is -0.152. The number of hydrogen-bond acceptors (Lipinski definition) is 4. The van der Waals surface area contributed by atoms with E-state index in [0.717, 1.165) is 19.6 Å². The van der Waals surface area contributed by atoms with Gasteiger partial charge >= 0.3 is 0 Å². The van der Waals surface area contributed by atoms with Gasteiger partial charge < -0.3 is 14.7 Å². The van der Waals surface area contributed by atoms with Crippen molar-refractivity contribution in [1.29, 1.82) is 0 Å². The highest BCUT2D eigenvalue weighted by molar-refractivity contribution is 6.08. The molecule has 2 saturated heterocycles. The summed E-state index contributed by atoms with van der Waals surface area (Å²) in [4.78, 5) is 45.6. The van der Waals surface area contributed by atoms with Crippen LogP contribution in [-0.4, -0.2) is 89.7 Å². The van der Waals surface area contributed by atoms with Crippen molar-refractivity contribution >= 4 is 17.7 Å². The first kappa shape index (κ1) is 19.9. The summed E-state index contributed by atoms with van der Waals surface area (Å²) in [7, 11) is 0. The van der Waals surface area contributed by atoms with Gasteiger partial charge in [-0.2, -0.15) is 0 Å². The Morgan fingerprint density at radius 1 is 0.759 bits per heavy atom. The highest BCUT2D eigenvalue weighted by Gasteiger charge is 2.59. The van der Waals surface area contributed by atoms with Gasteiger partial charge in [0.25, 0.3) is 0 Å². The van der Waals surface area contributed by atoms with Crippen molar-refractivity contribution in [2.45, 2.75) is 26.3 Å². The molecule has 2 heterocycles. The standard InChI is InChI=1S/C22H30N4O3/c1-18(27)24-13-15-26(16-14-24)21(29)22(7-8-22)20(28)25-11-9-23(10-12-25)17-19-5-3-2-4-6-19/h2-6H,7-17H2,1H3. The molecule has 0 bridgehead atoms. The minimum absolute atomic E-state index is 0.0101. The lowest BCUT2D eigenvalue weighted by Gasteiger charge is -2.39. The van der Waals surface area contributed by atoms with E-state index >= 15 is 0 Å². The molecule has 3 fully saturated rings. The Morgan fingerprint density at radius 3 is 1.72 bits per heavy atom. The summed E-state index contributed by atoms with van der Waals surface area (Å²) in [6, 6.07) is 10.4. The van der Waals surface area contributed by atoms with E-state index in [9.17, 15) is 14.4 Å². The van der Waals surface area contributed by atoms with Gasteiger partial charge in [0.2, 0.25) is 17.7 Å². The highest BCUT2D eigenvalue weighted by Crippen LogP contribution is 2.49. The first-order valence-electron chi connectivity index (χ1n) is 10.6. The van der Waals surface area contributed by atoms with Crippen LogP contribution >= 0.6 is 0 Å². The first-order valence-corrected chi connectivity index (χ1v) is 10.6. The van der Waals surface area contributed by atoms with Gasteiger partial charge in [0.1, 0.15) is 5.41 Å². The maximum Gasteiger partial charge on any atom is 0.238 e. The quantitative estimate of drug-likeness (QED) is 0.704. The van der Waals surface area contributed by atoms with Crippen LogP contribution in [0.4, 0.5) is 0 Å². The number of nitrogens with zero attached hydrogens (tertiary/aromatic N) is 4. The van der Waals surface area contributed by atoms with Crippen LogP contribution < -0.4 is 0 Å². The Hall–Kier alpha value is -2.41. The fraction of sp³-hybridized carbons (Fsp3) is 0.591. The van der Waals surface area contributed by atoms with Crippen LogP contribution in [0.3, 0.4) is 0 Å². The maximum absolute atomic E-state index is 13.2. The third-order valence-corrected chi connectivity index (χ3v) is 6.49. The van der Waals surface area contributed by atoms with E-state index < -0.39 is 5.41 Å². The Balaban J connectivity index is 1.30. The van der Waals surface area contributed by atoms with Crippen LogP contribution in [0.2, 0.25) is 0 Å². The molecule has 2 aliphatic heterocycles. The summed E-state index contributed by atoms with van der Waals surface area (Å²) in [5.41, 5.74) is 0.450. The van der Waals surface area contributed by atoms with E-state index in [1.54, 1.807) is 16.7 Å². The second-order valence-corrected chi connectivity index (χ2v) is 8.43. The molecule has 7 heteroatoms. The fourth-order valence-corrected chi connectivity index (χ4v) is 4.42. The summed E-state index contributed by atoms with van der Waals surface area (Å²) < 4.78 is 0. The van der Waals surface area contributed by atoms with Gasteiger partial charge in [-0.15, -0.1) is 0 Å². The van der Waals surface area contributed by atoms with E-state index in [1.165, 1.54) is 5.56 Å². The van der Waals surface area contributed by atoms with E-state index in [2.05, 4.69) is 17.0 Å². The topological polar surface area (TPSA) is 64.2 Å². The molecule has 3 amide bonds. The number of piperazine rings is 2. The molecule has 0 N–H and O–H groups in total. The number of carbonyl (C=O) groups is 3. The zero-order chi connectivity index (χ0) is 20.4. The molecule has 7 nitrogen and oxygen atoms in total. The van der Waals surface area contributed by atoms with Crippen LogP contribution in [0.15, 0.2) is 30.3 Å². The molecular formula is C22H30N4O3. The van der Waals surface area contributed by atoms with Gasteiger partial charge in [-0.05, 0) is 18.4 Å². The smallest absolute Gasteiger partial charge is 0.238 e. The third-order valence-electron chi connectivity index (χ3n) is 6.49. The molecule has 0 unspecified atom stereocenters. The van der Waals surface area contributed by atoms with Crippen LogP contribution in [0.1, 0.15) is 25.3 Å². The number of hydrogen-bond donors (Lipinski definition) is 0. The number of benzene rings is 1. The predicted molar refractivity (Wildman–Crippen MR) is 109 cm³/mol. The zero-order valence-electron chi connectivity index (χ0n) is 17.2. The summed E-state index contributed by atoms with van der Waals surface area (Å²) in [5.74, 6) is 0.0240. The van der Waals surface area contributed by atoms with Crippen LogP contribution in [0.25, 0.3) is 0 Å². The molecule has 29 heavy (non-hydrogen) atoms. The monoisotopic (exact) mass is 398 g/mol. The van der Waals surface area contributed by atoms with Crippen molar-refractivity contribution < 1.29 is 14.4 Å². The Labute approximate surface area is 172 Å². The van der Waals surface area contributed by atoms with Crippen molar-refractivity contribution in [3.05, 3.63) is 35.9 Å². The number of rotatable bonds is 4. The van der Waals surface area contributed by atoms with Crippen LogP contribution in [0, 0.1) is 5.41 Å². The lowest BCUT2D eigenvalue weighted by atomic mass is 10.0. The number of carbonyl (C=O) groups excluding carboxylic acids is 3. The van der Waals surface area contributed by atoms with Crippen LogP contribution in [0.5, 0.6) is 0 Å². The Morgan fingerprint density at radius 2 is 1.24 bits per heavy atom. The van der Waals surface area contributed by atoms with Crippen molar-refractivity contribution in [2.24, 2.45) is 5.41 Å². The minimum atomic E-state index is -0.833. The number of amides is 3. The maximum atomic E-state index is 13.2. The van der Waals surface area contributed by atoms with E-state index in [1.807, 2.05) is 23.1 Å². The average molecular weight is 399 g/mol. The minimum Gasteiger partial charge on any atom is -0.339 e. The van der Waals surface area contributed by atoms with E-state index in [4.69, 9.17) is 0 Å². The molecule has 1 aromatic rings. The highest BCUT2D eigenvalue weighted by atomic mass is 16.2. The molecule has 1 aliphatic carbocycles. The van der Waals surface area contributed by atoms with E-state index in [0.29, 0.717) is 52.1 Å². The molecule has 0 aromatic heterocycles. The summed E-state index contributed by atoms with van der Waals surface area (Å²) >= 11 is 0. The summed E-state index contributed by atoms with van der Waals surface area (Å²) in [5, 5.41) is 0. The molecule has 0 radical (unpaired) electrons. The molecule has 1 aromatic carbocycles. The van der Waals surface area contributed by atoms with Gasteiger partial charge in [0, 0.05) is 65.8 Å². The van der Waals surface area contributed by atoms with Gasteiger partial charge in [0.05, 0.1) is 0 Å². The molecule has 1 saturated carbocycles. The molecule has 156 valence electrons. The van der Waals surface area contributed by atoms with Gasteiger partial charge in [0.15, 0.2) is 0 Å². The summed E-state index contributed by atoms with van der Waals surface area (Å²) in [6.07, 6.45) is 1.31. The van der Waals surface area contributed by atoms with Crippen LogP contribution in [-0.2, 0) is 20.9 Å². The SMILES string of the molecule is CC(=O)N1CCN(C(=O)C2(C(=O)N3CCN(Cc4ccccc4)CC3)CC2)CC1. The Kier molecular flexibility index (Phi) is 5.58. The van der Waals surface area contributed by atoms with Crippen molar-refractivity contribution in [3.8, 4) is 0 Å². The first-order chi connectivity index (χ1) is 14.0. The molecular weight excluding hydrogens is 368 g/mol. The zero-order valence-corrected chi connectivity index (χ0v) is 17.2. The molecule has 4 rings (SSSR count). The van der Waals surface area contributed by atoms with Gasteiger partial charge in [-0.25, -0.2) is 0 Å². The second kappa shape index (κ2) is 8.14. The van der Waals surface area contributed by atoms with E-state index in [-0.39, 0.29) is 17.7 Å². The van der Waals surface area contributed by atoms with Gasteiger partial charge in [-0.1, -0.05) is 30.3 Å². The normalized spacial score (nSPS) is 21.8. The largest absolute Gasteiger partial charge is 0.339 e. The van der Waals surface area contributed by atoms with Gasteiger partial charge in [-0.3, -0.25) is 19.3 Å².